The molecule has 2 heterocycles. The maximum atomic E-state index is 12.6. The number of carbonyl (C=O) groups excluding carboxylic acids is 1. The van der Waals surface area contributed by atoms with Gasteiger partial charge in [0.25, 0.3) is 5.56 Å². The molecule has 1 fully saturated rings. The van der Waals surface area contributed by atoms with Gasteiger partial charge >= 0.3 is 0 Å². The van der Waals surface area contributed by atoms with Gasteiger partial charge in [0.05, 0.1) is 12.0 Å². The molecule has 3 N–H and O–H groups in total. The van der Waals surface area contributed by atoms with Gasteiger partial charge in [-0.1, -0.05) is 30.3 Å². The van der Waals surface area contributed by atoms with Crippen LogP contribution >= 0.6 is 0 Å². The highest BCUT2D eigenvalue weighted by molar-refractivity contribution is 5.83. The van der Waals surface area contributed by atoms with Crippen molar-refractivity contribution in [2.24, 2.45) is 11.1 Å². The van der Waals surface area contributed by atoms with Gasteiger partial charge in [0, 0.05) is 38.6 Å². The zero-order valence-electron chi connectivity index (χ0n) is 14.8. The third-order valence-electron chi connectivity index (χ3n) is 5.05. The molecular formula is C20H25N3O3. The van der Waals surface area contributed by atoms with Gasteiger partial charge in [-0.05, 0) is 30.0 Å². The molecule has 1 aliphatic rings. The molecule has 1 aliphatic heterocycles. The summed E-state index contributed by atoms with van der Waals surface area (Å²) in [6, 6.07) is 13.0. The number of amides is 1. The smallest absolute Gasteiger partial charge is 0.250 e. The SMILES string of the molecule is NCC1(C(=O)NCc2ccc(Cn3ccccc3=O)cc2)CCOCC1. The molecule has 0 saturated carbocycles. The molecule has 6 nitrogen and oxygen atoms in total. The van der Waals surface area contributed by atoms with Gasteiger partial charge in [-0.2, -0.15) is 0 Å². The number of pyridine rings is 1. The standard InChI is InChI=1S/C20H25N3O3/c21-15-20(8-11-26-12-9-20)19(25)22-13-16-4-6-17(7-5-16)14-23-10-2-1-3-18(23)24/h1-7,10H,8-9,11-15,21H2,(H,22,25). The molecule has 3 rings (SSSR count). The number of rotatable bonds is 6. The Morgan fingerprint density at radius 1 is 1.12 bits per heavy atom. The monoisotopic (exact) mass is 355 g/mol. The molecule has 6 heteroatoms. The number of ether oxygens (including phenoxy) is 1. The second-order valence-corrected chi connectivity index (χ2v) is 6.76. The van der Waals surface area contributed by atoms with Gasteiger partial charge in [0.1, 0.15) is 0 Å². The summed E-state index contributed by atoms with van der Waals surface area (Å²) in [5, 5.41) is 3.01. The molecule has 1 aromatic carbocycles. The Bertz CT molecular complexity index is 792. The molecular weight excluding hydrogens is 330 g/mol. The van der Waals surface area contributed by atoms with Crippen LogP contribution in [0.1, 0.15) is 24.0 Å². The van der Waals surface area contributed by atoms with Crippen molar-refractivity contribution in [3.8, 4) is 0 Å². The number of hydrogen-bond acceptors (Lipinski definition) is 4. The molecule has 2 aromatic rings. The quantitative estimate of drug-likeness (QED) is 0.817. The van der Waals surface area contributed by atoms with E-state index in [2.05, 4.69) is 5.32 Å². The Morgan fingerprint density at radius 2 is 1.81 bits per heavy atom. The first kappa shape index (κ1) is 18.4. The topological polar surface area (TPSA) is 86.4 Å². The van der Waals surface area contributed by atoms with E-state index in [0.717, 1.165) is 11.1 Å². The lowest BCUT2D eigenvalue weighted by Gasteiger charge is -2.34. The van der Waals surface area contributed by atoms with Crippen LogP contribution in [0.15, 0.2) is 53.5 Å². The summed E-state index contributed by atoms with van der Waals surface area (Å²) in [6.45, 7) is 2.50. The van der Waals surface area contributed by atoms with Crippen LogP contribution in [0.5, 0.6) is 0 Å². The molecule has 1 amide bonds. The lowest BCUT2D eigenvalue weighted by atomic mass is 9.79. The van der Waals surface area contributed by atoms with Crippen molar-refractivity contribution in [1.82, 2.24) is 9.88 Å². The fourth-order valence-corrected chi connectivity index (χ4v) is 3.21. The Morgan fingerprint density at radius 3 is 2.46 bits per heavy atom. The lowest BCUT2D eigenvalue weighted by molar-refractivity contribution is -0.136. The molecule has 26 heavy (non-hydrogen) atoms. The summed E-state index contributed by atoms with van der Waals surface area (Å²) in [6.07, 6.45) is 3.11. The first-order chi connectivity index (χ1) is 12.6. The number of carbonyl (C=O) groups is 1. The first-order valence-corrected chi connectivity index (χ1v) is 8.92. The van der Waals surface area contributed by atoms with Crippen molar-refractivity contribution in [3.63, 3.8) is 0 Å². The number of benzene rings is 1. The summed E-state index contributed by atoms with van der Waals surface area (Å²) >= 11 is 0. The first-order valence-electron chi connectivity index (χ1n) is 8.92. The van der Waals surface area contributed by atoms with Gasteiger partial charge < -0.3 is 20.4 Å². The Balaban J connectivity index is 1.58. The van der Waals surface area contributed by atoms with Crippen LogP contribution in [0.4, 0.5) is 0 Å². The van der Waals surface area contributed by atoms with Crippen LogP contribution in [0.2, 0.25) is 0 Å². The highest BCUT2D eigenvalue weighted by atomic mass is 16.5. The Hall–Kier alpha value is -2.44. The summed E-state index contributed by atoms with van der Waals surface area (Å²) in [5.41, 5.74) is 7.39. The van der Waals surface area contributed by atoms with Crippen LogP contribution in [0, 0.1) is 5.41 Å². The molecule has 0 unspecified atom stereocenters. The number of nitrogens with two attached hydrogens (primary N) is 1. The van der Waals surface area contributed by atoms with Gasteiger partial charge in [-0.3, -0.25) is 9.59 Å². The minimum atomic E-state index is -0.507. The fraction of sp³-hybridized carbons (Fsp3) is 0.400. The van der Waals surface area contributed by atoms with Gasteiger partial charge in [-0.25, -0.2) is 0 Å². The van der Waals surface area contributed by atoms with Gasteiger partial charge in [0.2, 0.25) is 5.91 Å². The zero-order valence-corrected chi connectivity index (χ0v) is 14.8. The van der Waals surface area contributed by atoms with E-state index in [1.165, 1.54) is 0 Å². The van der Waals surface area contributed by atoms with Crippen LogP contribution in [0.25, 0.3) is 0 Å². The van der Waals surface area contributed by atoms with Gasteiger partial charge in [0.15, 0.2) is 0 Å². The highest BCUT2D eigenvalue weighted by Gasteiger charge is 2.38. The van der Waals surface area contributed by atoms with Crippen LogP contribution in [-0.4, -0.2) is 30.2 Å². The van der Waals surface area contributed by atoms with E-state index in [4.69, 9.17) is 10.5 Å². The molecule has 0 spiro atoms. The molecule has 0 atom stereocenters. The Labute approximate surface area is 153 Å². The van der Waals surface area contributed by atoms with Crippen molar-refractivity contribution >= 4 is 5.91 Å². The third kappa shape index (κ3) is 4.20. The Kier molecular flexibility index (Phi) is 5.85. The van der Waals surface area contributed by atoms with E-state index in [9.17, 15) is 9.59 Å². The van der Waals surface area contributed by atoms with E-state index in [-0.39, 0.29) is 11.5 Å². The normalized spacial score (nSPS) is 16.2. The van der Waals surface area contributed by atoms with E-state index >= 15 is 0 Å². The lowest BCUT2D eigenvalue weighted by Crippen LogP contribution is -2.48. The number of aromatic nitrogens is 1. The number of hydrogen-bond donors (Lipinski definition) is 2. The van der Waals surface area contributed by atoms with E-state index in [1.54, 1.807) is 22.9 Å². The largest absolute Gasteiger partial charge is 0.381 e. The van der Waals surface area contributed by atoms with Crippen molar-refractivity contribution in [3.05, 3.63) is 70.1 Å². The summed E-state index contributed by atoms with van der Waals surface area (Å²) in [5.74, 6) is 0.00298. The fourth-order valence-electron chi connectivity index (χ4n) is 3.21. The third-order valence-corrected chi connectivity index (χ3v) is 5.05. The molecule has 1 saturated heterocycles. The van der Waals surface area contributed by atoms with Crippen LogP contribution in [-0.2, 0) is 22.6 Å². The number of nitrogens with zero attached hydrogens (tertiary/aromatic N) is 1. The average Bonchev–Trinajstić information content (AvgIpc) is 2.69. The van der Waals surface area contributed by atoms with Crippen LogP contribution in [0.3, 0.4) is 0 Å². The molecule has 1 aromatic heterocycles. The predicted octanol–water partition coefficient (Wildman–Crippen LogP) is 1.27. The van der Waals surface area contributed by atoms with Gasteiger partial charge in [-0.15, -0.1) is 0 Å². The maximum absolute atomic E-state index is 12.6. The number of nitrogens with one attached hydrogen (secondary N) is 1. The van der Waals surface area contributed by atoms with Crippen molar-refractivity contribution in [2.75, 3.05) is 19.8 Å². The molecule has 138 valence electrons. The van der Waals surface area contributed by atoms with E-state index in [0.29, 0.717) is 45.7 Å². The van der Waals surface area contributed by atoms with Crippen molar-refractivity contribution in [2.45, 2.75) is 25.9 Å². The highest BCUT2D eigenvalue weighted by Crippen LogP contribution is 2.29. The second-order valence-electron chi connectivity index (χ2n) is 6.76. The van der Waals surface area contributed by atoms with E-state index in [1.807, 2.05) is 30.3 Å². The second kappa shape index (κ2) is 8.29. The summed E-state index contributed by atoms with van der Waals surface area (Å²) in [7, 11) is 0. The van der Waals surface area contributed by atoms with E-state index < -0.39 is 5.41 Å². The zero-order chi connectivity index (χ0) is 18.4. The average molecular weight is 355 g/mol. The van der Waals surface area contributed by atoms with Crippen molar-refractivity contribution in [1.29, 1.82) is 0 Å². The summed E-state index contributed by atoms with van der Waals surface area (Å²) < 4.78 is 7.01. The summed E-state index contributed by atoms with van der Waals surface area (Å²) in [4.78, 5) is 24.4. The van der Waals surface area contributed by atoms with Crippen molar-refractivity contribution < 1.29 is 9.53 Å². The van der Waals surface area contributed by atoms with Crippen LogP contribution < -0.4 is 16.6 Å². The molecule has 0 radical (unpaired) electrons. The molecule has 0 aliphatic carbocycles. The minimum Gasteiger partial charge on any atom is -0.381 e. The molecule has 0 bridgehead atoms. The minimum absolute atomic E-state index is 0.00298. The predicted molar refractivity (Wildman–Crippen MR) is 99.6 cm³/mol. The maximum Gasteiger partial charge on any atom is 0.250 e.